The summed E-state index contributed by atoms with van der Waals surface area (Å²) in [5, 5.41) is 26.4. The number of hydrazone groups is 2. The van der Waals surface area contributed by atoms with Crippen LogP contribution in [0.1, 0.15) is 44.5 Å². The highest BCUT2D eigenvalue weighted by molar-refractivity contribution is 6.40. The molecule has 274 valence electrons. The zero-order valence-electron chi connectivity index (χ0n) is 30.6. The third-order valence-corrected chi connectivity index (χ3v) is 8.60. The molecular weight excluding hydrogens is 723 g/mol. The van der Waals surface area contributed by atoms with Crippen LogP contribution >= 0.6 is 23.2 Å². The van der Waals surface area contributed by atoms with Crippen molar-refractivity contribution in [2.45, 2.75) is 26.7 Å². The van der Waals surface area contributed by atoms with Crippen LogP contribution in [0.3, 0.4) is 0 Å². The summed E-state index contributed by atoms with van der Waals surface area (Å²) in [5.74, 6) is 2.54. The molecule has 1 aromatic heterocycles. The molecule has 0 bridgehead atoms. The molecule has 0 aliphatic carbocycles. The number of aryl methyl sites for hydroxylation is 2. The SMILES string of the molecule is Cc1cccc(-c2nnc(-c3ccccc3Cc3ccccc3)nn2)c1.Cc1cccc(C2=NNC(c3ccccc3Cc3ccccc3)=NN2)c1.ClCCl. The van der Waals surface area contributed by atoms with Crippen molar-refractivity contribution in [2.75, 3.05) is 5.34 Å². The maximum absolute atomic E-state index is 4.76. The molecule has 1 aliphatic heterocycles. The van der Waals surface area contributed by atoms with Gasteiger partial charge in [-0.25, -0.2) is 0 Å². The molecule has 8 nitrogen and oxygen atoms in total. The Morgan fingerprint density at radius 2 is 0.873 bits per heavy atom. The smallest absolute Gasteiger partial charge is 0.203 e. The van der Waals surface area contributed by atoms with Gasteiger partial charge in [-0.1, -0.05) is 157 Å². The maximum atomic E-state index is 4.76. The fourth-order valence-corrected chi connectivity index (χ4v) is 5.98. The summed E-state index contributed by atoms with van der Waals surface area (Å²) in [6.07, 6.45) is 1.67. The van der Waals surface area contributed by atoms with Crippen LogP contribution in [0, 0.1) is 13.8 Å². The molecule has 0 radical (unpaired) electrons. The molecule has 0 atom stereocenters. The third kappa shape index (κ3) is 10.9. The average Bonchev–Trinajstić information content (AvgIpc) is 3.23. The Labute approximate surface area is 332 Å². The predicted molar refractivity (Wildman–Crippen MR) is 225 cm³/mol. The molecule has 55 heavy (non-hydrogen) atoms. The zero-order valence-corrected chi connectivity index (χ0v) is 32.1. The number of nitrogens with zero attached hydrogens (tertiary/aromatic N) is 6. The van der Waals surface area contributed by atoms with Crippen molar-refractivity contribution in [3.05, 3.63) is 202 Å². The minimum atomic E-state index is 0.194. The van der Waals surface area contributed by atoms with Crippen molar-refractivity contribution < 1.29 is 0 Å². The van der Waals surface area contributed by atoms with Crippen molar-refractivity contribution in [1.29, 1.82) is 0 Å². The number of alkyl halides is 2. The lowest BCUT2D eigenvalue weighted by molar-refractivity contribution is 0.874. The standard InChI is InChI=1S/C22H20N4.C22H18N4.CH2Cl2/c2*1-16-8-7-12-19(14-16)21-23-25-22(26-24-21)20-13-6-5-11-18(20)15-17-9-3-2-4-10-17;2-1-3/h2-14H,15H2,1H3,(H,23,24)(H,25,26);2-14H,15H2,1H3;1H2. The lowest BCUT2D eigenvalue weighted by atomic mass is 9.99. The molecule has 0 saturated heterocycles. The Hall–Kier alpha value is -6.22. The number of halogens is 2. The van der Waals surface area contributed by atoms with Crippen molar-refractivity contribution in [2.24, 2.45) is 10.2 Å². The van der Waals surface area contributed by atoms with E-state index < -0.39 is 0 Å². The lowest BCUT2D eigenvalue weighted by Crippen LogP contribution is -2.35. The molecule has 6 aromatic carbocycles. The molecule has 0 unspecified atom stereocenters. The molecule has 1 aliphatic rings. The summed E-state index contributed by atoms with van der Waals surface area (Å²) in [6, 6.07) is 53.4. The quantitative estimate of drug-likeness (QED) is 0.150. The number of hydrogen-bond donors (Lipinski definition) is 2. The first-order valence-electron chi connectivity index (χ1n) is 17.8. The molecule has 7 aromatic rings. The van der Waals surface area contributed by atoms with Crippen LogP contribution in [-0.2, 0) is 12.8 Å². The molecule has 10 heteroatoms. The zero-order chi connectivity index (χ0) is 38.2. The van der Waals surface area contributed by atoms with E-state index in [2.05, 4.69) is 121 Å². The Balaban J connectivity index is 0.000000175. The Morgan fingerprint density at radius 1 is 0.436 bits per heavy atom. The van der Waals surface area contributed by atoms with Gasteiger partial charge < -0.3 is 0 Å². The van der Waals surface area contributed by atoms with Crippen molar-refractivity contribution >= 4 is 34.9 Å². The first kappa shape index (κ1) is 38.5. The van der Waals surface area contributed by atoms with E-state index in [1.807, 2.05) is 91.9 Å². The lowest BCUT2D eigenvalue weighted by Gasteiger charge is -2.17. The molecular formula is C45H40Cl2N8. The van der Waals surface area contributed by atoms with Gasteiger partial charge in [0.15, 0.2) is 11.7 Å². The van der Waals surface area contributed by atoms with E-state index >= 15 is 0 Å². The Kier molecular flexibility index (Phi) is 13.8. The van der Waals surface area contributed by atoms with Gasteiger partial charge in [-0.3, -0.25) is 10.9 Å². The van der Waals surface area contributed by atoms with Gasteiger partial charge in [-0.05, 0) is 61.1 Å². The minimum Gasteiger partial charge on any atom is -0.257 e. The van der Waals surface area contributed by atoms with E-state index in [1.54, 1.807) is 0 Å². The van der Waals surface area contributed by atoms with Crippen LogP contribution in [0.15, 0.2) is 168 Å². The summed E-state index contributed by atoms with van der Waals surface area (Å²) in [5.41, 5.74) is 17.4. The van der Waals surface area contributed by atoms with Crippen molar-refractivity contribution in [3.63, 3.8) is 0 Å². The van der Waals surface area contributed by atoms with Gasteiger partial charge in [0.05, 0.1) is 5.34 Å². The van der Waals surface area contributed by atoms with E-state index in [4.69, 9.17) is 23.2 Å². The largest absolute Gasteiger partial charge is 0.257 e. The third-order valence-electron chi connectivity index (χ3n) is 8.60. The summed E-state index contributed by atoms with van der Waals surface area (Å²) in [7, 11) is 0. The van der Waals surface area contributed by atoms with Crippen LogP contribution < -0.4 is 10.9 Å². The van der Waals surface area contributed by atoms with Gasteiger partial charge in [0, 0.05) is 22.3 Å². The summed E-state index contributed by atoms with van der Waals surface area (Å²) in [6.45, 7) is 4.10. The highest BCUT2D eigenvalue weighted by Gasteiger charge is 2.15. The topological polar surface area (TPSA) is 100 Å². The van der Waals surface area contributed by atoms with Gasteiger partial charge in [0.1, 0.15) is 0 Å². The molecule has 2 heterocycles. The number of hydrogen-bond acceptors (Lipinski definition) is 8. The molecule has 8 rings (SSSR count). The monoisotopic (exact) mass is 762 g/mol. The van der Waals surface area contributed by atoms with Gasteiger partial charge in [-0.2, -0.15) is 10.2 Å². The second-order valence-electron chi connectivity index (χ2n) is 12.7. The van der Waals surface area contributed by atoms with Gasteiger partial charge >= 0.3 is 0 Å². The maximum Gasteiger partial charge on any atom is 0.203 e. The first-order valence-corrected chi connectivity index (χ1v) is 18.8. The second-order valence-corrected chi connectivity index (χ2v) is 13.5. The van der Waals surface area contributed by atoms with Crippen molar-refractivity contribution in [3.8, 4) is 22.8 Å². The van der Waals surface area contributed by atoms with Crippen molar-refractivity contribution in [1.82, 2.24) is 31.2 Å². The molecule has 2 N–H and O–H groups in total. The number of amidine groups is 2. The number of nitrogens with one attached hydrogen (secondary N) is 2. The minimum absolute atomic E-state index is 0.194. The summed E-state index contributed by atoms with van der Waals surface area (Å²) < 4.78 is 0. The summed E-state index contributed by atoms with van der Waals surface area (Å²) in [4.78, 5) is 0. The Morgan fingerprint density at radius 3 is 1.42 bits per heavy atom. The van der Waals surface area contributed by atoms with Gasteiger partial charge in [0.25, 0.3) is 0 Å². The molecule has 0 saturated carbocycles. The van der Waals surface area contributed by atoms with E-state index in [0.717, 1.165) is 57.9 Å². The van der Waals surface area contributed by atoms with Crippen LogP contribution in [0.4, 0.5) is 0 Å². The van der Waals surface area contributed by atoms with E-state index in [9.17, 15) is 0 Å². The number of rotatable bonds is 8. The normalized spacial score (nSPS) is 11.6. The fourth-order valence-electron chi connectivity index (χ4n) is 5.98. The summed E-state index contributed by atoms with van der Waals surface area (Å²) >= 11 is 9.53. The molecule has 0 fully saturated rings. The fraction of sp³-hybridized carbons (Fsp3) is 0.111. The highest BCUT2D eigenvalue weighted by Crippen LogP contribution is 2.23. The Bertz CT molecular complexity index is 2350. The van der Waals surface area contributed by atoms with Crippen LogP contribution in [-0.4, -0.2) is 37.4 Å². The van der Waals surface area contributed by atoms with Gasteiger partial charge in [0.2, 0.25) is 11.6 Å². The van der Waals surface area contributed by atoms with Gasteiger partial charge in [-0.15, -0.1) is 43.6 Å². The van der Waals surface area contributed by atoms with E-state index in [1.165, 1.54) is 22.3 Å². The average molecular weight is 764 g/mol. The second kappa shape index (κ2) is 19.7. The molecule has 0 spiro atoms. The molecule has 0 amide bonds. The van der Waals surface area contributed by atoms with Crippen LogP contribution in [0.25, 0.3) is 22.8 Å². The first-order chi connectivity index (χ1) is 27.0. The number of benzene rings is 6. The number of aromatic nitrogens is 4. The van der Waals surface area contributed by atoms with E-state index in [0.29, 0.717) is 11.6 Å². The van der Waals surface area contributed by atoms with Crippen LogP contribution in [0.5, 0.6) is 0 Å². The van der Waals surface area contributed by atoms with Crippen LogP contribution in [0.2, 0.25) is 0 Å². The van der Waals surface area contributed by atoms with E-state index in [-0.39, 0.29) is 5.34 Å². The highest BCUT2D eigenvalue weighted by atomic mass is 35.5. The predicted octanol–water partition coefficient (Wildman–Crippen LogP) is 9.72.